The zero-order chi connectivity index (χ0) is 19.3. The lowest BCUT2D eigenvalue weighted by atomic mass is 9.78. The number of aryl methyl sites for hydroxylation is 1. The van der Waals surface area contributed by atoms with E-state index in [1.165, 1.54) is 15.8 Å². The summed E-state index contributed by atoms with van der Waals surface area (Å²) < 4.78 is 1.50. The molecular weight excluding hydrogens is 350 g/mol. The monoisotopic (exact) mass is 369 g/mol. The van der Waals surface area contributed by atoms with Crippen LogP contribution >= 0.6 is 0 Å². The number of para-hydroxylation sites is 1. The van der Waals surface area contributed by atoms with E-state index in [1.807, 2.05) is 42.5 Å². The third-order valence-corrected chi connectivity index (χ3v) is 5.65. The molecule has 2 aromatic heterocycles. The van der Waals surface area contributed by atoms with E-state index in [9.17, 15) is 9.59 Å². The number of nitrogens with zero attached hydrogens (tertiary/aromatic N) is 2. The second kappa shape index (κ2) is 6.30. The number of rotatable bonds is 2. The fourth-order valence-electron chi connectivity index (χ4n) is 4.26. The first-order chi connectivity index (χ1) is 13.6. The Morgan fingerprint density at radius 1 is 1.00 bits per heavy atom. The molecule has 0 radical (unpaired) electrons. The third kappa shape index (κ3) is 2.51. The van der Waals surface area contributed by atoms with Gasteiger partial charge >= 0.3 is 0 Å². The highest BCUT2D eigenvalue weighted by molar-refractivity contribution is 6.02. The standard InChI is InChI=1S/C23H19N3O2/c1-14-7-5-6-10-17(14)15-11-18-19(20(27)12-15)13-24-22-21(18)23(28)26(25-22)16-8-3-2-4-9-16/h2-10,13,15H,11-12H2,1H3,(H,24,25)/t15-/m0/s1. The number of H-pyrrole nitrogens is 1. The second-order valence-corrected chi connectivity index (χ2v) is 7.35. The van der Waals surface area contributed by atoms with Gasteiger partial charge in [0, 0.05) is 18.2 Å². The van der Waals surface area contributed by atoms with Gasteiger partial charge in [0.2, 0.25) is 0 Å². The number of hydrogen-bond acceptors (Lipinski definition) is 3. The summed E-state index contributed by atoms with van der Waals surface area (Å²) in [7, 11) is 0. The predicted octanol–water partition coefficient (Wildman–Crippen LogP) is 3.93. The van der Waals surface area contributed by atoms with E-state index in [0.717, 1.165) is 11.3 Å². The van der Waals surface area contributed by atoms with Crippen LogP contribution in [0.3, 0.4) is 0 Å². The number of aromatic nitrogens is 3. The second-order valence-electron chi connectivity index (χ2n) is 7.35. The van der Waals surface area contributed by atoms with Gasteiger partial charge in [-0.3, -0.25) is 14.7 Å². The fraction of sp³-hybridized carbons (Fsp3) is 0.174. The molecule has 0 bridgehead atoms. The number of pyridine rings is 1. The van der Waals surface area contributed by atoms with Crippen LogP contribution in [0, 0.1) is 6.92 Å². The molecule has 0 fully saturated rings. The molecule has 28 heavy (non-hydrogen) atoms. The summed E-state index contributed by atoms with van der Waals surface area (Å²) >= 11 is 0. The highest BCUT2D eigenvalue weighted by atomic mass is 16.1. The highest BCUT2D eigenvalue weighted by Crippen LogP contribution is 2.35. The van der Waals surface area contributed by atoms with Gasteiger partial charge in [-0.2, -0.15) is 0 Å². The number of fused-ring (bicyclic) bond motifs is 3. The number of Topliss-reactive ketones (excluding diaryl/α,β-unsaturated/α-hetero) is 1. The van der Waals surface area contributed by atoms with Crippen LogP contribution in [0.25, 0.3) is 16.7 Å². The molecule has 1 atom stereocenters. The number of benzene rings is 2. The number of nitrogens with one attached hydrogen (secondary N) is 1. The zero-order valence-electron chi connectivity index (χ0n) is 15.5. The number of carbonyl (C=O) groups excluding carboxylic acids is 1. The Morgan fingerprint density at radius 2 is 1.75 bits per heavy atom. The molecule has 0 saturated carbocycles. The van der Waals surface area contributed by atoms with E-state index in [4.69, 9.17) is 0 Å². The lowest BCUT2D eigenvalue weighted by molar-refractivity contribution is 0.0964. The summed E-state index contributed by atoms with van der Waals surface area (Å²) in [5, 5.41) is 3.61. The van der Waals surface area contributed by atoms with Crippen LogP contribution in [0.15, 0.2) is 65.6 Å². The predicted molar refractivity (Wildman–Crippen MR) is 108 cm³/mol. The molecule has 0 unspecified atom stereocenters. The number of ketones is 1. The Kier molecular flexibility index (Phi) is 3.76. The molecule has 5 rings (SSSR count). The van der Waals surface area contributed by atoms with E-state index in [0.29, 0.717) is 29.4 Å². The fourth-order valence-corrected chi connectivity index (χ4v) is 4.26. The van der Waals surface area contributed by atoms with Gasteiger partial charge in [0.25, 0.3) is 5.56 Å². The normalized spacial score (nSPS) is 16.3. The Morgan fingerprint density at radius 3 is 2.54 bits per heavy atom. The smallest absolute Gasteiger partial charge is 0.281 e. The zero-order valence-corrected chi connectivity index (χ0v) is 15.5. The minimum Gasteiger partial charge on any atom is -0.294 e. The van der Waals surface area contributed by atoms with Gasteiger partial charge < -0.3 is 0 Å². The number of aromatic amines is 1. The van der Waals surface area contributed by atoms with Crippen LogP contribution < -0.4 is 5.56 Å². The third-order valence-electron chi connectivity index (χ3n) is 5.65. The largest absolute Gasteiger partial charge is 0.294 e. The Hall–Kier alpha value is -3.47. The van der Waals surface area contributed by atoms with Crippen molar-refractivity contribution in [2.24, 2.45) is 0 Å². The maximum absolute atomic E-state index is 13.2. The van der Waals surface area contributed by atoms with Crippen LogP contribution in [0.5, 0.6) is 0 Å². The molecule has 0 spiro atoms. The topological polar surface area (TPSA) is 67.8 Å². The van der Waals surface area contributed by atoms with Crippen molar-refractivity contribution in [1.82, 2.24) is 14.8 Å². The minimum atomic E-state index is -0.163. The molecule has 1 aliphatic carbocycles. The highest BCUT2D eigenvalue weighted by Gasteiger charge is 2.30. The molecule has 2 heterocycles. The summed E-state index contributed by atoms with van der Waals surface area (Å²) in [6.45, 7) is 2.07. The lowest BCUT2D eigenvalue weighted by Crippen LogP contribution is -2.22. The average molecular weight is 369 g/mol. The van der Waals surface area contributed by atoms with Crippen molar-refractivity contribution in [1.29, 1.82) is 0 Å². The van der Waals surface area contributed by atoms with Gasteiger partial charge in [-0.1, -0.05) is 42.5 Å². The number of hydrogen-bond donors (Lipinski definition) is 1. The molecule has 1 N–H and O–H groups in total. The molecular formula is C23H19N3O2. The molecule has 0 saturated heterocycles. The van der Waals surface area contributed by atoms with Crippen LogP contribution in [0.4, 0.5) is 0 Å². The molecule has 2 aromatic carbocycles. The van der Waals surface area contributed by atoms with Gasteiger partial charge in [0.15, 0.2) is 11.4 Å². The molecule has 5 heteroatoms. The summed E-state index contributed by atoms with van der Waals surface area (Å²) in [5.41, 5.74) is 4.83. The molecule has 5 nitrogen and oxygen atoms in total. The van der Waals surface area contributed by atoms with Crippen LogP contribution in [0.2, 0.25) is 0 Å². The maximum atomic E-state index is 13.2. The van der Waals surface area contributed by atoms with Crippen LogP contribution in [0.1, 0.15) is 39.4 Å². The molecule has 4 aromatic rings. The SMILES string of the molecule is Cc1ccccc1[C@@H]1CC(=O)c2cnc3[nH]n(-c4ccccc4)c(=O)c3c2C1. The summed E-state index contributed by atoms with van der Waals surface area (Å²) in [6, 6.07) is 17.6. The Balaban J connectivity index is 1.70. The first kappa shape index (κ1) is 16.7. The van der Waals surface area contributed by atoms with E-state index in [2.05, 4.69) is 29.1 Å². The molecule has 0 amide bonds. The van der Waals surface area contributed by atoms with E-state index in [1.54, 1.807) is 6.20 Å². The summed E-state index contributed by atoms with van der Waals surface area (Å²) in [4.78, 5) is 30.4. The van der Waals surface area contributed by atoms with Crippen molar-refractivity contribution in [3.8, 4) is 5.69 Å². The van der Waals surface area contributed by atoms with Crippen molar-refractivity contribution in [2.75, 3.05) is 0 Å². The van der Waals surface area contributed by atoms with Crippen molar-refractivity contribution in [3.05, 3.63) is 93.4 Å². The number of carbonyl (C=O) groups is 1. The minimum absolute atomic E-state index is 0.0516. The Bertz CT molecular complexity index is 1270. The van der Waals surface area contributed by atoms with Crippen LogP contribution in [-0.4, -0.2) is 20.5 Å². The molecule has 1 aliphatic rings. The average Bonchev–Trinajstić information content (AvgIpc) is 3.06. The van der Waals surface area contributed by atoms with Crippen molar-refractivity contribution in [3.63, 3.8) is 0 Å². The first-order valence-electron chi connectivity index (χ1n) is 9.40. The summed E-state index contributed by atoms with van der Waals surface area (Å²) in [5.74, 6) is 0.127. The van der Waals surface area contributed by atoms with Gasteiger partial charge in [-0.25, -0.2) is 9.67 Å². The van der Waals surface area contributed by atoms with Gasteiger partial charge in [0.1, 0.15) is 0 Å². The first-order valence-corrected chi connectivity index (χ1v) is 9.40. The van der Waals surface area contributed by atoms with Crippen molar-refractivity contribution < 1.29 is 4.79 Å². The van der Waals surface area contributed by atoms with Crippen molar-refractivity contribution in [2.45, 2.75) is 25.7 Å². The quantitative estimate of drug-likeness (QED) is 0.582. The van der Waals surface area contributed by atoms with Crippen LogP contribution in [-0.2, 0) is 6.42 Å². The van der Waals surface area contributed by atoms with Gasteiger partial charge in [-0.15, -0.1) is 0 Å². The summed E-state index contributed by atoms with van der Waals surface area (Å²) in [6.07, 6.45) is 2.72. The Labute approximate surface area is 161 Å². The lowest BCUT2D eigenvalue weighted by Gasteiger charge is -2.25. The van der Waals surface area contributed by atoms with E-state index in [-0.39, 0.29) is 17.3 Å². The maximum Gasteiger partial charge on any atom is 0.281 e. The van der Waals surface area contributed by atoms with E-state index >= 15 is 0 Å². The molecule has 0 aliphatic heterocycles. The van der Waals surface area contributed by atoms with Gasteiger partial charge in [0.05, 0.1) is 11.1 Å². The molecule has 138 valence electrons. The van der Waals surface area contributed by atoms with Gasteiger partial charge in [-0.05, 0) is 48.1 Å². The van der Waals surface area contributed by atoms with E-state index < -0.39 is 0 Å². The van der Waals surface area contributed by atoms with Crippen molar-refractivity contribution >= 4 is 16.8 Å².